The first-order valence-corrected chi connectivity index (χ1v) is 8.98. The normalized spacial score (nSPS) is 28.2. The Labute approximate surface area is 135 Å². The van der Waals surface area contributed by atoms with E-state index in [2.05, 4.69) is 11.4 Å². The molecule has 2 aliphatic rings. The second-order valence-corrected chi connectivity index (χ2v) is 7.49. The Morgan fingerprint density at radius 3 is 3.05 bits per heavy atom. The van der Waals surface area contributed by atoms with E-state index < -0.39 is 0 Å². The zero-order valence-electron chi connectivity index (χ0n) is 12.0. The van der Waals surface area contributed by atoms with Gasteiger partial charge in [0.25, 0.3) is 0 Å². The van der Waals surface area contributed by atoms with Crippen LogP contribution >= 0.6 is 23.4 Å². The highest BCUT2D eigenvalue weighted by Gasteiger charge is 2.33. The molecule has 1 saturated carbocycles. The number of carbonyl (C=O) groups excluding carboxylic acids is 1. The van der Waals surface area contributed by atoms with Gasteiger partial charge in [0.05, 0.1) is 6.04 Å². The van der Waals surface area contributed by atoms with Crippen molar-refractivity contribution in [3.63, 3.8) is 0 Å². The van der Waals surface area contributed by atoms with Gasteiger partial charge in [0.2, 0.25) is 5.91 Å². The highest BCUT2D eigenvalue weighted by Crippen LogP contribution is 2.38. The summed E-state index contributed by atoms with van der Waals surface area (Å²) in [5.41, 5.74) is 6.95. The summed E-state index contributed by atoms with van der Waals surface area (Å²) < 4.78 is 0. The van der Waals surface area contributed by atoms with E-state index in [1.807, 2.05) is 23.9 Å². The lowest BCUT2D eigenvalue weighted by molar-refractivity contribution is -0.126. The van der Waals surface area contributed by atoms with Gasteiger partial charge in [0.15, 0.2) is 0 Å². The lowest BCUT2D eigenvalue weighted by Gasteiger charge is -2.28. The van der Waals surface area contributed by atoms with E-state index in [4.69, 9.17) is 17.3 Å². The molecular weight excluding hydrogens is 304 g/mol. The maximum atomic E-state index is 12.6. The zero-order chi connectivity index (χ0) is 14.8. The average Bonchev–Trinajstić information content (AvgIpc) is 2.96. The van der Waals surface area contributed by atoms with Crippen LogP contribution in [0.1, 0.15) is 37.3 Å². The van der Waals surface area contributed by atoms with Crippen molar-refractivity contribution in [3.05, 3.63) is 28.8 Å². The SMILES string of the molecule is NC[C@H]1CCC[C@H]1C(=O)NC1CCSc2ccc(Cl)cc21. The van der Waals surface area contributed by atoms with E-state index in [0.29, 0.717) is 12.5 Å². The predicted molar refractivity (Wildman–Crippen MR) is 87.6 cm³/mol. The van der Waals surface area contributed by atoms with Crippen LogP contribution in [0.4, 0.5) is 0 Å². The second-order valence-electron chi connectivity index (χ2n) is 5.91. The number of nitrogens with one attached hydrogen (secondary N) is 1. The fourth-order valence-electron chi connectivity index (χ4n) is 3.46. The first-order valence-electron chi connectivity index (χ1n) is 7.61. The summed E-state index contributed by atoms with van der Waals surface area (Å²) >= 11 is 7.95. The number of hydrogen-bond acceptors (Lipinski definition) is 3. The molecule has 0 aromatic heterocycles. The van der Waals surface area contributed by atoms with E-state index in [9.17, 15) is 4.79 Å². The van der Waals surface area contributed by atoms with Crippen LogP contribution in [0, 0.1) is 11.8 Å². The first kappa shape index (κ1) is 15.2. The van der Waals surface area contributed by atoms with Crippen LogP contribution in [-0.4, -0.2) is 18.2 Å². The number of rotatable bonds is 3. The van der Waals surface area contributed by atoms with E-state index in [1.54, 1.807) is 0 Å². The third kappa shape index (κ3) is 3.22. The molecule has 1 aliphatic heterocycles. The van der Waals surface area contributed by atoms with Crippen LogP contribution in [0.3, 0.4) is 0 Å². The maximum Gasteiger partial charge on any atom is 0.223 e. The number of thioether (sulfide) groups is 1. The Morgan fingerprint density at radius 1 is 1.38 bits per heavy atom. The van der Waals surface area contributed by atoms with Crippen LogP contribution in [0.25, 0.3) is 0 Å². The Bertz CT molecular complexity index is 537. The van der Waals surface area contributed by atoms with Crippen LogP contribution in [0.15, 0.2) is 23.1 Å². The number of amides is 1. The van der Waals surface area contributed by atoms with Gasteiger partial charge in [0.1, 0.15) is 0 Å². The Hall–Kier alpha value is -0.710. The van der Waals surface area contributed by atoms with E-state index in [1.165, 1.54) is 4.90 Å². The number of carbonyl (C=O) groups is 1. The van der Waals surface area contributed by atoms with Gasteiger partial charge in [0, 0.05) is 21.6 Å². The standard InChI is InChI=1S/C16H21ClN2OS/c17-11-4-5-15-13(8-11)14(6-7-21-15)19-16(20)12-3-1-2-10(12)9-18/h4-5,8,10,12,14H,1-3,6-7,9,18H2,(H,19,20)/t10-,12-,14?/m1/s1. The summed E-state index contributed by atoms with van der Waals surface area (Å²) in [5, 5.41) is 3.97. The minimum atomic E-state index is 0.0893. The van der Waals surface area contributed by atoms with Crippen molar-refractivity contribution in [1.82, 2.24) is 5.32 Å². The summed E-state index contributed by atoms with van der Waals surface area (Å²) in [6.45, 7) is 0.612. The highest BCUT2D eigenvalue weighted by atomic mass is 35.5. The van der Waals surface area contributed by atoms with Crippen molar-refractivity contribution in [2.45, 2.75) is 36.6 Å². The molecule has 3 atom stereocenters. The molecule has 1 aromatic carbocycles. The van der Waals surface area contributed by atoms with Gasteiger partial charge >= 0.3 is 0 Å². The van der Waals surface area contributed by atoms with Crippen molar-refractivity contribution in [2.75, 3.05) is 12.3 Å². The van der Waals surface area contributed by atoms with E-state index >= 15 is 0 Å². The number of benzene rings is 1. The minimum Gasteiger partial charge on any atom is -0.349 e. The van der Waals surface area contributed by atoms with Crippen molar-refractivity contribution < 1.29 is 4.79 Å². The average molecular weight is 325 g/mol. The lowest BCUT2D eigenvalue weighted by Crippen LogP contribution is -2.38. The quantitative estimate of drug-likeness (QED) is 0.896. The molecule has 1 heterocycles. The van der Waals surface area contributed by atoms with Crippen molar-refractivity contribution in [3.8, 4) is 0 Å². The molecular formula is C16H21ClN2OS. The van der Waals surface area contributed by atoms with E-state index in [-0.39, 0.29) is 17.9 Å². The summed E-state index contributed by atoms with van der Waals surface area (Å²) in [6.07, 6.45) is 4.13. The molecule has 1 aliphatic carbocycles. The monoisotopic (exact) mass is 324 g/mol. The van der Waals surface area contributed by atoms with E-state index in [0.717, 1.165) is 42.0 Å². The molecule has 3 nitrogen and oxygen atoms in total. The molecule has 3 rings (SSSR count). The van der Waals surface area contributed by atoms with Crippen molar-refractivity contribution in [2.24, 2.45) is 17.6 Å². The predicted octanol–water partition coefficient (Wildman–Crippen LogP) is 3.37. The molecule has 0 bridgehead atoms. The maximum absolute atomic E-state index is 12.6. The molecule has 0 saturated heterocycles. The van der Waals surface area contributed by atoms with Crippen LogP contribution in [0.5, 0.6) is 0 Å². The highest BCUT2D eigenvalue weighted by molar-refractivity contribution is 7.99. The molecule has 114 valence electrons. The fourth-order valence-corrected chi connectivity index (χ4v) is 4.74. The van der Waals surface area contributed by atoms with Crippen LogP contribution in [-0.2, 0) is 4.79 Å². The molecule has 5 heteroatoms. The van der Waals surface area contributed by atoms with Crippen LogP contribution < -0.4 is 11.1 Å². The minimum absolute atomic E-state index is 0.0893. The Morgan fingerprint density at radius 2 is 2.24 bits per heavy atom. The molecule has 3 N–H and O–H groups in total. The largest absolute Gasteiger partial charge is 0.349 e. The number of fused-ring (bicyclic) bond motifs is 1. The lowest BCUT2D eigenvalue weighted by atomic mass is 9.94. The third-order valence-corrected chi connectivity index (χ3v) is 5.98. The van der Waals surface area contributed by atoms with Gasteiger partial charge in [-0.3, -0.25) is 4.79 Å². The Kier molecular flexibility index (Phi) is 4.77. The summed E-state index contributed by atoms with van der Waals surface area (Å²) in [7, 11) is 0. The fraction of sp³-hybridized carbons (Fsp3) is 0.562. The molecule has 0 spiro atoms. The molecule has 0 radical (unpaired) electrons. The van der Waals surface area contributed by atoms with Crippen LogP contribution in [0.2, 0.25) is 5.02 Å². The zero-order valence-corrected chi connectivity index (χ0v) is 13.6. The van der Waals surface area contributed by atoms with Gasteiger partial charge in [-0.05, 0) is 55.5 Å². The molecule has 1 aromatic rings. The van der Waals surface area contributed by atoms with Crippen molar-refractivity contribution >= 4 is 29.3 Å². The van der Waals surface area contributed by atoms with Gasteiger partial charge in [-0.2, -0.15) is 0 Å². The summed E-state index contributed by atoms with van der Waals surface area (Å²) in [6, 6.07) is 6.05. The number of nitrogens with two attached hydrogens (primary N) is 1. The molecule has 1 fully saturated rings. The smallest absolute Gasteiger partial charge is 0.223 e. The second kappa shape index (κ2) is 6.59. The third-order valence-electron chi connectivity index (χ3n) is 4.63. The van der Waals surface area contributed by atoms with Gasteiger partial charge < -0.3 is 11.1 Å². The van der Waals surface area contributed by atoms with Gasteiger partial charge in [-0.1, -0.05) is 18.0 Å². The topological polar surface area (TPSA) is 55.1 Å². The molecule has 1 unspecified atom stereocenters. The molecule has 1 amide bonds. The number of hydrogen-bond donors (Lipinski definition) is 2. The summed E-state index contributed by atoms with van der Waals surface area (Å²) in [5.74, 6) is 1.64. The van der Waals surface area contributed by atoms with Gasteiger partial charge in [-0.15, -0.1) is 11.8 Å². The first-order chi connectivity index (χ1) is 10.2. The number of halogens is 1. The molecule has 21 heavy (non-hydrogen) atoms. The van der Waals surface area contributed by atoms with Crippen molar-refractivity contribution in [1.29, 1.82) is 0 Å². The Balaban J connectivity index is 1.74. The van der Waals surface area contributed by atoms with Gasteiger partial charge in [-0.25, -0.2) is 0 Å². The summed E-state index contributed by atoms with van der Waals surface area (Å²) in [4.78, 5) is 13.8.